The molecule has 0 unspecified atom stereocenters. The van der Waals surface area contributed by atoms with Crippen LogP contribution in [0.15, 0.2) is 29.3 Å². The van der Waals surface area contributed by atoms with Crippen molar-refractivity contribution in [2.24, 2.45) is 4.99 Å². The van der Waals surface area contributed by atoms with E-state index in [0.29, 0.717) is 12.6 Å². The van der Waals surface area contributed by atoms with Gasteiger partial charge in [-0.25, -0.2) is 0 Å². The summed E-state index contributed by atoms with van der Waals surface area (Å²) in [6, 6.07) is 8.59. The molecule has 3 rings (SSSR count). The Morgan fingerprint density at radius 3 is 2.62 bits per heavy atom. The molecule has 0 aromatic heterocycles. The van der Waals surface area contributed by atoms with Crippen LogP contribution in [0, 0.1) is 0 Å². The summed E-state index contributed by atoms with van der Waals surface area (Å²) in [4.78, 5) is 20.7. The van der Waals surface area contributed by atoms with E-state index in [2.05, 4.69) is 34.6 Å². The molecular weight excluding hydrogens is 386 g/mol. The number of benzene rings is 1. The van der Waals surface area contributed by atoms with Gasteiger partial charge >= 0.3 is 0 Å². The molecular formula is C22H34ClN5O. The van der Waals surface area contributed by atoms with Crippen molar-refractivity contribution in [3.8, 4) is 0 Å². The Kier molecular flexibility index (Phi) is 7.41. The number of hydrogen-bond donors (Lipinski definition) is 2. The first-order valence-electron chi connectivity index (χ1n) is 10.7. The van der Waals surface area contributed by atoms with E-state index >= 15 is 0 Å². The van der Waals surface area contributed by atoms with E-state index in [0.717, 1.165) is 62.8 Å². The van der Waals surface area contributed by atoms with E-state index < -0.39 is 0 Å². The van der Waals surface area contributed by atoms with Crippen LogP contribution < -0.4 is 10.6 Å². The highest BCUT2D eigenvalue weighted by Crippen LogP contribution is 2.48. The number of nitrogens with one attached hydrogen (secondary N) is 2. The summed E-state index contributed by atoms with van der Waals surface area (Å²) in [5, 5.41) is 7.79. The van der Waals surface area contributed by atoms with Crippen LogP contribution in [0.2, 0.25) is 5.02 Å². The Morgan fingerprint density at radius 2 is 2.03 bits per heavy atom. The smallest absolute Gasteiger partial charge is 0.236 e. The minimum atomic E-state index is 0.142. The molecule has 1 aromatic carbocycles. The Bertz CT molecular complexity index is 724. The van der Waals surface area contributed by atoms with E-state index in [1.807, 2.05) is 26.2 Å². The molecule has 1 aromatic rings. The van der Waals surface area contributed by atoms with Crippen LogP contribution in [0.4, 0.5) is 0 Å². The predicted octanol–water partition coefficient (Wildman–Crippen LogP) is 2.48. The number of piperidine rings is 1. The van der Waals surface area contributed by atoms with Crippen molar-refractivity contribution < 1.29 is 4.79 Å². The highest BCUT2D eigenvalue weighted by molar-refractivity contribution is 6.30. The first-order chi connectivity index (χ1) is 13.9. The van der Waals surface area contributed by atoms with Crippen molar-refractivity contribution in [1.29, 1.82) is 0 Å². The van der Waals surface area contributed by atoms with Crippen LogP contribution in [0.25, 0.3) is 0 Å². The molecule has 0 spiro atoms. The van der Waals surface area contributed by atoms with Gasteiger partial charge < -0.3 is 15.5 Å². The largest absolute Gasteiger partial charge is 0.357 e. The number of rotatable bonds is 7. The fourth-order valence-electron chi connectivity index (χ4n) is 3.82. The normalized spacial score (nSPS) is 19.7. The maximum Gasteiger partial charge on any atom is 0.236 e. The topological polar surface area (TPSA) is 60.0 Å². The Labute approximate surface area is 179 Å². The second-order valence-corrected chi connectivity index (χ2v) is 8.91. The van der Waals surface area contributed by atoms with Crippen molar-refractivity contribution >= 4 is 23.5 Å². The van der Waals surface area contributed by atoms with Crippen molar-refractivity contribution in [3.63, 3.8) is 0 Å². The average molecular weight is 420 g/mol. The van der Waals surface area contributed by atoms with Crippen LogP contribution in [0.3, 0.4) is 0 Å². The number of hydrogen-bond acceptors (Lipinski definition) is 3. The van der Waals surface area contributed by atoms with Crippen molar-refractivity contribution in [1.82, 2.24) is 20.4 Å². The quantitative estimate of drug-likeness (QED) is 0.526. The molecule has 2 fully saturated rings. The molecule has 1 heterocycles. The summed E-state index contributed by atoms with van der Waals surface area (Å²) in [5.41, 5.74) is 1.44. The summed E-state index contributed by atoms with van der Waals surface area (Å²) in [6.45, 7) is 6.09. The zero-order valence-electron chi connectivity index (χ0n) is 17.9. The minimum Gasteiger partial charge on any atom is -0.357 e. The Balaban J connectivity index is 1.53. The number of carbonyl (C=O) groups is 1. The van der Waals surface area contributed by atoms with Crippen LogP contribution in [-0.4, -0.2) is 74.5 Å². The van der Waals surface area contributed by atoms with E-state index in [1.54, 1.807) is 4.90 Å². The highest BCUT2D eigenvalue weighted by atomic mass is 35.5. The molecule has 1 amide bonds. The molecule has 160 valence electrons. The maximum absolute atomic E-state index is 11.9. The predicted molar refractivity (Wildman–Crippen MR) is 120 cm³/mol. The average Bonchev–Trinajstić information content (AvgIpc) is 3.49. The highest BCUT2D eigenvalue weighted by Gasteiger charge is 2.44. The first kappa shape index (κ1) is 21.9. The maximum atomic E-state index is 11.9. The number of nitrogens with zero attached hydrogens (tertiary/aromatic N) is 3. The van der Waals surface area contributed by atoms with E-state index in [9.17, 15) is 4.79 Å². The second-order valence-electron chi connectivity index (χ2n) is 8.47. The van der Waals surface area contributed by atoms with Gasteiger partial charge in [-0.3, -0.25) is 14.7 Å². The molecule has 6 nitrogen and oxygen atoms in total. The van der Waals surface area contributed by atoms with Gasteiger partial charge in [-0.05, 0) is 50.3 Å². The summed E-state index contributed by atoms with van der Waals surface area (Å²) in [5.74, 6) is 1.06. The molecule has 0 radical (unpaired) electrons. The zero-order valence-corrected chi connectivity index (χ0v) is 18.6. The number of amides is 1. The third-order valence-electron chi connectivity index (χ3n) is 5.96. The Morgan fingerprint density at radius 1 is 1.31 bits per heavy atom. The summed E-state index contributed by atoms with van der Waals surface area (Å²) in [7, 11) is 3.62. The zero-order chi connectivity index (χ0) is 20.9. The third kappa shape index (κ3) is 6.09. The molecule has 2 aliphatic rings. The van der Waals surface area contributed by atoms with Gasteiger partial charge in [0.25, 0.3) is 0 Å². The van der Waals surface area contributed by atoms with E-state index in [4.69, 9.17) is 16.6 Å². The molecule has 1 saturated heterocycles. The van der Waals surface area contributed by atoms with Crippen molar-refractivity contribution in [2.45, 2.75) is 44.1 Å². The van der Waals surface area contributed by atoms with E-state index in [1.165, 1.54) is 5.56 Å². The lowest BCUT2D eigenvalue weighted by Crippen LogP contribution is -2.50. The summed E-state index contributed by atoms with van der Waals surface area (Å²) < 4.78 is 0. The van der Waals surface area contributed by atoms with Gasteiger partial charge in [-0.2, -0.15) is 0 Å². The lowest BCUT2D eigenvalue weighted by molar-refractivity contribution is -0.130. The van der Waals surface area contributed by atoms with Crippen LogP contribution >= 0.6 is 11.6 Å². The standard InChI is InChI=1S/C22H34ClN5O/c1-4-24-21(25-16-22(10-11-22)17-6-5-7-18(23)14-17)26-19-8-12-28(13-9-19)15-20(29)27(2)3/h5-7,14,19H,4,8-13,15-16H2,1-3H3,(H2,24,25,26). The third-order valence-corrected chi connectivity index (χ3v) is 6.20. The fraction of sp³-hybridized carbons (Fsp3) is 0.636. The fourth-order valence-corrected chi connectivity index (χ4v) is 4.01. The van der Waals surface area contributed by atoms with Gasteiger partial charge in [-0.1, -0.05) is 23.7 Å². The second kappa shape index (κ2) is 9.81. The monoisotopic (exact) mass is 419 g/mol. The molecule has 0 atom stereocenters. The van der Waals surface area contributed by atoms with Gasteiger partial charge in [0, 0.05) is 50.2 Å². The van der Waals surface area contributed by atoms with Crippen LogP contribution in [-0.2, 0) is 10.2 Å². The van der Waals surface area contributed by atoms with Crippen LogP contribution in [0.1, 0.15) is 38.2 Å². The number of likely N-dealkylation sites (tertiary alicyclic amines) is 1. The molecule has 29 heavy (non-hydrogen) atoms. The number of guanidine groups is 1. The van der Waals surface area contributed by atoms with Gasteiger partial charge in [0.1, 0.15) is 0 Å². The lowest BCUT2D eigenvalue weighted by Gasteiger charge is -2.33. The molecule has 0 bridgehead atoms. The van der Waals surface area contributed by atoms with Crippen LogP contribution in [0.5, 0.6) is 0 Å². The molecule has 1 aliphatic carbocycles. The molecule has 1 aliphatic heterocycles. The molecule has 7 heteroatoms. The van der Waals surface area contributed by atoms with Gasteiger partial charge in [0.15, 0.2) is 5.96 Å². The van der Waals surface area contributed by atoms with Crippen molar-refractivity contribution in [2.75, 3.05) is 46.8 Å². The summed E-state index contributed by atoms with van der Waals surface area (Å²) in [6.07, 6.45) is 4.36. The van der Waals surface area contributed by atoms with E-state index in [-0.39, 0.29) is 11.3 Å². The molecule has 2 N–H and O–H groups in total. The van der Waals surface area contributed by atoms with Gasteiger partial charge in [-0.15, -0.1) is 0 Å². The number of halogens is 1. The SMILES string of the molecule is CCNC(=NCC1(c2cccc(Cl)c2)CC1)NC1CCN(CC(=O)N(C)C)CC1. The number of carbonyl (C=O) groups excluding carboxylic acids is 1. The number of likely N-dealkylation sites (N-methyl/N-ethyl adjacent to an activating group) is 1. The van der Waals surface area contributed by atoms with Gasteiger partial charge in [0.2, 0.25) is 5.91 Å². The summed E-state index contributed by atoms with van der Waals surface area (Å²) >= 11 is 6.19. The van der Waals surface area contributed by atoms with Crippen molar-refractivity contribution in [3.05, 3.63) is 34.9 Å². The number of aliphatic imine (C=N–C) groups is 1. The Hall–Kier alpha value is -1.79. The molecule has 1 saturated carbocycles. The van der Waals surface area contributed by atoms with Gasteiger partial charge in [0.05, 0.1) is 13.1 Å². The minimum absolute atomic E-state index is 0.142. The first-order valence-corrected chi connectivity index (χ1v) is 11.0. The lowest BCUT2D eigenvalue weighted by atomic mass is 9.96.